The van der Waals surface area contributed by atoms with Crippen LogP contribution in [0.3, 0.4) is 0 Å². The number of carboxylic acid groups (broad SMARTS) is 1. The Kier molecular flexibility index (Phi) is 3.92. The first-order valence-corrected chi connectivity index (χ1v) is 7.02. The smallest absolute Gasteiger partial charge is 0.306 e. The van der Waals surface area contributed by atoms with Gasteiger partial charge in [0.05, 0.1) is 5.92 Å². The fraction of sp³-hybridized carbons (Fsp3) is 0.786. The van der Waals surface area contributed by atoms with Gasteiger partial charge in [-0.1, -0.05) is 13.8 Å². The summed E-state index contributed by atoms with van der Waals surface area (Å²) in [5.74, 6) is 0.172. The van der Waals surface area contributed by atoms with Crippen LogP contribution in [0.5, 0.6) is 0 Å². The highest BCUT2D eigenvalue weighted by atomic mass is 16.4. The van der Waals surface area contributed by atoms with Crippen LogP contribution in [0.15, 0.2) is 6.33 Å². The molecule has 0 amide bonds. The number of carboxylic acids is 1. The van der Waals surface area contributed by atoms with Crippen LogP contribution in [0.2, 0.25) is 0 Å². The molecule has 0 spiro atoms. The van der Waals surface area contributed by atoms with Gasteiger partial charge in [0, 0.05) is 13.0 Å². The Hall–Kier alpha value is -1.39. The maximum Gasteiger partial charge on any atom is 0.306 e. The normalized spacial score (nSPS) is 26.3. The Bertz CT molecular complexity index is 453. The van der Waals surface area contributed by atoms with Crippen molar-refractivity contribution in [2.45, 2.75) is 53.0 Å². The second-order valence-corrected chi connectivity index (χ2v) is 6.31. The highest BCUT2D eigenvalue weighted by Gasteiger charge is 2.39. The van der Waals surface area contributed by atoms with Crippen molar-refractivity contribution in [3.05, 3.63) is 12.2 Å². The van der Waals surface area contributed by atoms with E-state index in [0.29, 0.717) is 6.42 Å². The van der Waals surface area contributed by atoms with Crippen molar-refractivity contribution in [3.8, 4) is 0 Å². The minimum absolute atomic E-state index is 0.163. The molecule has 5 heteroatoms. The SMILES string of the molecule is CCn1ncnc1CC1CC(C)(C)CCC1C(=O)O. The molecule has 2 rings (SSSR count). The third-order valence-electron chi connectivity index (χ3n) is 4.27. The molecule has 1 N–H and O–H groups in total. The monoisotopic (exact) mass is 265 g/mol. The maximum absolute atomic E-state index is 11.4. The van der Waals surface area contributed by atoms with Crippen molar-refractivity contribution in [1.29, 1.82) is 0 Å². The highest BCUT2D eigenvalue weighted by molar-refractivity contribution is 5.70. The second-order valence-electron chi connectivity index (χ2n) is 6.31. The molecule has 5 nitrogen and oxygen atoms in total. The van der Waals surface area contributed by atoms with Crippen molar-refractivity contribution in [2.24, 2.45) is 17.3 Å². The average molecular weight is 265 g/mol. The first-order chi connectivity index (χ1) is 8.93. The Morgan fingerprint density at radius 3 is 2.95 bits per heavy atom. The predicted molar refractivity (Wildman–Crippen MR) is 71.6 cm³/mol. The molecular formula is C14H23N3O2. The van der Waals surface area contributed by atoms with Crippen molar-refractivity contribution in [3.63, 3.8) is 0 Å². The molecule has 2 unspecified atom stereocenters. The number of aryl methyl sites for hydroxylation is 1. The second kappa shape index (κ2) is 5.31. The maximum atomic E-state index is 11.4. The molecule has 1 aliphatic carbocycles. The van der Waals surface area contributed by atoms with Crippen LogP contribution in [0, 0.1) is 17.3 Å². The number of aromatic nitrogens is 3. The Morgan fingerprint density at radius 1 is 1.58 bits per heavy atom. The topological polar surface area (TPSA) is 68.0 Å². The van der Waals surface area contributed by atoms with Crippen molar-refractivity contribution >= 4 is 5.97 Å². The fourth-order valence-electron chi connectivity index (χ4n) is 3.22. The summed E-state index contributed by atoms with van der Waals surface area (Å²) in [4.78, 5) is 15.7. The van der Waals surface area contributed by atoms with Gasteiger partial charge in [0.2, 0.25) is 0 Å². The lowest BCUT2D eigenvalue weighted by Gasteiger charge is -2.38. The van der Waals surface area contributed by atoms with Crippen LogP contribution in [0.1, 0.15) is 45.9 Å². The molecular weight excluding hydrogens is 242 g/mol. The van der Waals surface area contributed by atoms with Gasteiger partial charge in [-0.05, 0) is 37.5 Å². The number of rotatable bonds is 4. The third kappa shape index (κ3) is 3.14. The van der Waals surface area contributed by atoms with Gasteiger partial charge in [0.15, 0.2) is 0 Å². The summed E-state index contributed by atoms with van der Waals surface area (Å²) in [5, 5.41) is 13.6. The number of nitrogens with zero attached hydrogens (tertiary/aromatic N) is 3. The van der Waals surface area contributed by atoms with E-state index in [1.54, 1.807) is 6.33 Å². The van der Waals surface area contributed by atoms with E-state index in [0.717, 1.165) is 31.6 Å². The zero-order valence-corrected chi connectivity index (χ0v) is 12.0. The average Bonchev–Trinajstić information content (AvgIpc) is 2.74. The van der Waals surface area contributed by atoms with Crippen LogP contribution >= 0.6 is 0 Å². The molecule has 1 saturated carbocycles. The molecule has 0 bridgehead atoms. The van der Waals surface area contributed by atoms with E-state index in [1.165, 1.54) is 0 Å². The van der Waals surface area contributed by atoms with Crippen LogP contribution in [0.25, 0.3) is 0 Å². The van der Waals surface area contributed by atoms with Gasteiger partial charge in [0.1, 0.15) is 12.2 Å². The molecule has 0 aromatic carbocycles. The van der Waals surface area contributed by atoms with E-state index >= 15 is 0 Å². The minimum Gasteiger partial charge on any atom is -0.481 e. The van der Waals surface area contributed by atoms with Gasteiger partial charge in [-0.3, -0.25) is 9.48 Å². The minimum atomic E-state index is -0.664. The van der Waals surface area contributed by atoms with E-state index < -0.39 is 5.97 Å². The van der Waals surface area contributed by atoms with Crippen LogP contribution in [-0.2, 0) is 17.8 Å². The van der Waals surface area contributed by atoms with E-state index in [9.17, 15) is 9.90 Å². The summed E-state index contributed by atoms with van der Waals surface area (Å²) in [6.45, 7) is 7.26. The molecule has 0 radical (unpaired) electrons. The third-order valence-corrected chi connectivity index (χ3v) is 4.27. The lowest BCUT2D eigenvalue weighted by molar-refractivity contribution is -0.146. The molecule has 2 atom stereocenters. The standard InChI is InChI=1S/C14H23N3O2/c1-4-17-12(15-9-16-17)7-10-8-14(2,3)6-5-11(10)13(18)19/h9-11H,4-8H2,1-3H3,(H,18,19). The molecule has 1 fully saturated rings. The zero-order valence-electron chi connectivity index (χ0n) is 12.0. The van der Waals surface area contributed by atoms with E-state index in [-0.39, 0.29) is 17.3 Å². The summed E-state index contributed by atoms with van der Waals surface area (Å²) >= 11 is 0. The largest absolute Gasteiger partial charge is 0.481 e. The van der Waals surface area contributed by atoms with Gasteiger partial charge in [-0.25, -0.2) is 4.98 Å². The molecule has 19 heavy (non-hydrogen) atoms. The summed E-state index contributed by atoms with van der Waals surface area (Å²) in [5.41, 5.74) is 0.230. The Labute approximate surface area is 114 Å². The predicted octanol–water partition coefficient (Wildman–Crippen LogP) is 2.37. The molecule has 0 saturated heterocycles. The fourth-order valence-corrected chi connectivity index (χ4v) is 3.22. The van der Waals surface area contributed by atoms with Crippen LogP contribution in [-0.4, -0.2) is 25.8 Å². The molecule has 0 aliphatic heterocycles. The zero-order chi connectivity index (χ0) is 14.0. The molecule has 1 aliphatic rings. The molecule has 106 valence electrons. The lowest BCUT2D eigenvalue weighted by Crippen LogP contribution is -2.36. The van der Waals surface area contributed by atoms with Crippen molar-refractivity contribution in [2.75, 3.05) is 0 Å². The van der Waals surface area contributed by atoms with Gasteiger partial charge in [-0.2, -0.15) is 5.10 Å². The Balaban J connectivity index is 2.16. The lowest BCUT2D eigenvalue weighted by atomic mass is 9.66. The first-order valence-electron chi connectivity index (χ1n) is 7.02. The summed E-state index contributed by atoms with van der Waals surface area (Å²) in [6, 6.07) is 0. The summed E-state index contributed by atoms with van der Waals surface area (Å²) in [7, 11) is 0. The van der Waals surface area contributed by atoms with E-state index in [4.69, 9.17) is 0 Å². The summed E-state index contributed by atoms with van der Waals surface area (Å²) in [6.07, 6.45) is 4.98. The van der Waals surface area contributed by atoms with E-state index in [2.05, 4.69) is 23.9 Å². The molecule has 1 aromatic rings. The number of hydrogen-bond acceptors (Lipinski definition) is 3. The van der Waals surface area contributed by atoms with Gasteiger partial charge in [0.25, 0.3) is 0 Å². The van der Waals surface area contributed by atoms with Crippen molar-refractivity contribution in [1.82, 2.24) is 14.8 Å². The number of hydrogen-bond donors (Lipinski definition) is 1. The Morgan fingerprint density at radius 2 is 2.32 bits per heavy atom. The first kappa shape index (κ1) is 14.0. The number of carbonyl (C=O) groups is 1. The molecule has 1 heterocycles. The van der Waals surface area contributed by atoms with Gasteiger partial charge in [-0.15, -0.1) is 0 Å². The highest BCUT2D eigenvalue weighted by Crippen LogP contribution is 2.43. The number of aliphatic carboxylic acids is 1. The van der Waals surface area contributed by atoms with Crippen LogP contribution < -0.4 is 0 Å². The van der Waals surface area contributed by atoms with Crippen LogP contribution in [0.4, 0.5) is 0 Å². The summed E-state index contributed by atoms with van der Waals surface area (Å²) < 4.78 is 1.86. The quantitative estimate of drug-likeness (QED) is 0.907. The van der Waals surface area contributed by atoms with E-state index in [1.807, 2.05) is 11.6 Å². The van der Waals surface area contributed by atoms with Crippen molar-refractivity contribution < 1.29 is 9.90 Å². The molecule has 1 aromatic heterocycles. The van der Waals surface area contributed by atoms with Gasteiger partial charge < -0.3 is 5.11 Å². The van der Waals surface area contributed by atoms with Gasteiger partial charge >= 0.3 is 5.97 Å².